The lowest BCUT2D eigenvalue weighted by Gasteiger charge is -2.15. The van der Waals surface area contributed by atoms with Crippen LogP contribution in [0.25, 0.3) is 0 Å². The summed E-state index contributed by atoms with van der Waals surface area (Å²) in [6.45, 7) is 0.598. The van der Waals surface area contributed by atoms with Gasteiger partial charge < -0.3 is 14.8 Å². The number of rotatable bonds is 3. The van der Waals surface area contributed by atoms with Gasteiger partial charge in [0.05, 0.1) is 12.7 Å². The maximum absolute atomic E-state index is 11.4. The first-order valence-electron chi connectivity index (χ1n) is 5.27. The Labute approximate surface area is 98.9 Å². The molecule has 17 heavy (non-hydrogen) atoms. The Hall–Kier alpha value is -2.22. The number of nitrogens with zero attached hydrogens (tertiary/aromatic N) is 1. The summed E-state index contributed by atoms with van der Waals surface area (Å²) >= 11 is 0. The van der Waals surface area contributed by atoms with Crippen LogP contribution in [0.2, 0.25) is 0 Å². The number of nitrogens with one attached hydrogen (secondary N) is 1. The summed E-state index contributed by atoms with van der Waals surface area (Å²) in [6, 6.07) is 7.06. The molecule has 1 fully saturated rings. The molecule has 2 rings (SSSR count). The Morgan fingerprint density at radius 3 is 2.94 bits per heavy atom. The van der Waals surface area contributed by atoms with E-state index in [0.717, 1.165) is 0 Å². The highest BCUT2D eigenvalue weighted by molar-refractivity contribution is 5.83. The SMILES string of the molecule is COc1cccc(C#N)c1OC1CCNC1=O. The second kappa shape index (κ2) is 4.74. The van der Waals surface area contributed by atoms with Crippen LogP contribution in [-0.2, 0) is 4.79 Å². The average Bonchev–Trinajstić information content (AvgIpc) is 2.75. The van der Waals surface area contributed by atoms with Crippen LogP contribution < -0.4 is 14.8 Å². The number of carbonyl (C=O) groups is 1. The molecule has 0 radical (unpaired) electrons. The minimum atomic E-state index is -0.543. The van der Waals surface area contributed by atoms with Crippen molar-refractivity contribution in [1.29, 1.82) is 5.26 Å². The number of para-hydroxylation sites is 1. The van der Waals surface area contributed by atoms with Gasteiger partial charge in [0.25, 0.3) is 5.91 Å². The van der Waals surface area contributed by atoms with Crippen molar-refractivity contribution in [2.24, 2.45) is 0 Å². The van der Waals surface area contributed by atoms with Gasteiger partial charge in [-0.1, -0.05) is 6.07 Å². The number of hydrogen-bond acceptors (Lipinski definition) is 4. The van der Waals surface area contributed by atoms with Crippen LogP contribution in [-0.4, -0.2) is 25.7 Å². The summed E-state index contributed by atoms with van der Waals surface area (Å²) < 4.78 is 10.7. The van der Waals surface area contributed by atoms with Crippen molar-refractivity contribution >= 4 is 5.91 Å². The Morgan fingerprint density at radius 1 is 1.53 bits per heavy atom. The zero-order valence-corrected chi connectivity index (χ0v) is 9.40. The smallest absolute Gasteiger partial charge is 0.261 e. The molecule has 0 saturated carbocycles. The molecule has 88 valence electrons. The Kier molecular flexibility index (Phi) is 3.15. The van der Waals surface area contributed by atoms with Gasteiger partial charge in [0.1, 0.15) is 6.07 Å². The van der Waals surface area contributed by atoms with Crippen molar-refractivity contribution in [2.75, 3.05) is 13.7 Å². The molecule has 1 aliphatic rings. The van der Waals surface area contributed by atoms with Crippen LogP contribution in [0.1, 0.15) is 12.0 Å². The van der Waals surface area contributed by atoms with Crippen LogP contribution in [0.15, 0.2) is 18.2 Å². The zero-order chi connectivity index (χ0) is 12.3. The van der Waals surface area contributed by atoms with E-state index in [9.17, 15) is 4.79 Å². The van der Waals surface area contributed by atoms with E-state index in [0.29, 0.717) is 30.0 Å². The number of ether oxygens (including phenoxy) is 2. The van der Waals surface area contributed by atoms with Crippen LogP contribution in [0, 0.1) is 11.3 Å². The molecule has 1 aromatic rings. The number of carbonyl (C=O) groups excluding carboxylic acids is 1. The van der Waals surface area contributed by atoms with Crippen molar-refractivity contribution in [3.05, 3.63) is 23.8 Å². The molecule has 1 amide bonds. The molecule has 0 aliphatic carbocycles. The van der Waals surface area contributed by atoms with E-state index in [4.69, 9.17) is 14.7 Å². The molecular formula is C12H12N2O3. The van der Waals surface area contributed by atoms with E-state index in [2.05, 4.69) is 5.32 Å². The molecule has 0 aromatic heterocycles. The quantitative estimate of drug-likeness (QED) is 0.838. The second-order valence-corrected chi connectivity index (χ2v) is 3.63. The normalized spacial score (nSPS) is 18.4. The van der Waals surface area contributed by atoms with Gasteiger partial charge in [-0.3, -0.25) is 4.79 Å². The van der Waals surface area contributed by atoms with Crippen molar-refractivity contribution < 1.29 is 14.3 Å². The highest BCUT2D eigenvalue weighted by Gasteiger charge is 2.27. The van der Waals surface area contributed by atoms with Crippen molar-refractivity contribution in [3.63, 3.8) is 0 Å². The van der Waals surface area contributed by atoms with Gasteiger partial charge >= 0.3 is 0 Å². The number of nitriles is 1. The highest BCUT2D eigenvalue weighted by atomic mass is 16.5. The van der Waals surface area contributed by atoms with E-state index in [-0.39, 0.29) is 5.91 Å². The van der Waals surface area contributed by atoms with Crippen LogP contribution in [0.5, 0.6) is 11.5 Å². The molecular weight excluding hydrogens is 220 g/mol. The number of benzene rings is 1. The molecule has 1 N–H and O–H groups in total. The fourth-order valence-corrected chi connectivity index (χ4v) is 1.71. The fourth-order valence-electron chi connectivity index (χ4n) is 1.71. The van der Waals surface area contributed by atoms with Crippen molar-refractivity contribution in [3.8, 4) is 17.6 Å². The third kappa shape index (κ3) is 2.16. The van der Waals surface area contributed by atoms with Gasteiger partial charge in [0.2, 0.25) is 0 Å². The van der Waals surface area contributed by atoms with E-state index >= 15 is 0 Å². The maximum Gasteiger partial charge on any atom is 0.261 e. The summed E-state index contributed by atoms with van der Waals surface area (Å²) in [6.07, 6.45) is 0.0558. The summed E-state index contributed by atoms with van der Waals surface area (Å²) in [7, 11) is 1.50. The summed E-state index contributed by atoms with van der Waals surface area (Å²) in [5, 5.41) is 11.7. The zero-order valence-electron chi connectivity index (χ0n) is 9.40. The minimum Gasteiger partial charge on any atom is -0.493 e. The van der Waals surface area contributed by atoms with Gasteiger partial charge in [-0.2, -0.15) is 5.26 Å². The first-order valence-corrected chi connectivity index (χ1v) is 5.27. The van der Waals surface area contributed by atoms with E-state index in [1.165, 1.54) is 7.11 Å². The monoisotopic (exact) mass is 232 g/mol. The summed E-state index contributed by atoms with van der Waals surface area (Å²) in [5.41, 5.74) is 0.365. The lowest BCUT2D eigenvalue weighted by atomic mass is 10.2. The average molecular weight is 232 g/mol. The highest BCUT2D eigenvalue weighted by Crippen LogP contribution is 2.32. The van der Waals surface area contributed by atoms with Gasteiger partial charge in [-0.25, -0.2) is 0 Å². The Morgan fingerprint density at radius 2 is 2.35 bits per heavy atom. The molecule has 1 saturated heterocycles. The van der Waals surface area contributed by atoms with Crippen molar-refractivity contribution in [1.82, 2.24) is 5.32 Å². The van der Waals surface area contributed by atoms with E-state index in [1.54, 1.807) is 18.2 Å². The predicted molar refractivity (Wildman–Crippen MR) is 59.8 cm³/mol. The molecule has 1 unspecified atom stereocenters. The third-order valence-electron chi connectivity index (χ3n) is 2.58. The third-order valence-corrected chi connectivity index (χ3v) is 2.58. The second-order valence-electron chi connectivity index (χ2n) is 3.63. The number of methoxy groups -OCH3 is 1. The largest absolute Gasteiger partial charge is 0.493 e. The molecule has 0 bridgehead atoms. The van der Waals surface area contributed by atoms with Gasteiger partial charge in [-0.15, -0.1) is 0 Å². The molecule has 1 heterocycles. The van der Waals surface area contributed by atoms with Crippen LogP contribution >= 0.6 is 0 Å². The van der Waals surface area contributed by atoms with Crippen molar-refractivity contribution in [2.45, 2.75) is 12.5 Å². The predicted octanol–water partition coefficient (Wildman–Crippen LogP) is 0.834. The summed E-state index contributed by atoms with van der Waals surface area (Å²) in [4.78, 5) is 11.4. The fraction of sp³-hybridized carbons (Fsp3) is 0.333. The lowest BCUT2D eigenvalue weighted by Crippen LogP contribution is -2.28. The molecule has 5 nitrogen and oxygen atoms in total. The van der Waals surface area contributed by atoms with Crippen LogP contribution in [0.3, 0.4) is 0 Å². The first-order chi connectivity index (χ1) is 8.26. The minimum absolute atomic E-state index is 0.153. The van der Waals surface area contributed by atoms with Gasteiger partial charge in [0, 0.05) is 13.0 Å². The van der Waals surface area contributed by atoms with Crippen LogP contribution in [0.4, 0.5) is 0 Å². The summed E-state index contributed by atoms with van der Waals surface area (Å²) in [5.74, 6) is 0.642. The number of hydrogen-bond donors (Lipinski definition) is 1. The van der Waals surface area contributed by atoms with E-state index in [1.807, 2.05) is 6.07 Å². The standard InChI is InChI=1S/C12H12N2O3/c1-16-9-4-2-3-8(7-13)11(9)17-10-5-6-14-12(10)15/h2-4,10H,5-6H2,1H3,(H,14,15). The van der Waals surface area contributed by atoms with Gasteiger partial charge in [0.15, 0.2) is 17.6 Å². The molecule has 5 heteroatoms. The number of amides is 1. The Balaban J connectivity index is 2.30. The van der Waals surface area contributed by atoms with E-state index < -0.39 is 6.10 Å². The topological polar surface area (TPSA) is 71.3 Å². The Bertz CT molecular complexity index is 479. The molecule has 1 aromatic carbocycles. The molecule has 0 spiro atoms. The van der Waals surface area contributed by atoms with Gasteiger partial charge in [-0.05, 0) is 12.1 Å². The maximum atomic E-state index is 11.4. The lowest BCUT2D eigenvalue weighted by molar-refractivity contribution is -0.124. The molecule has 1 atom stereocenters. The molecule has 1 aliphatic heterocycles. The first kappa shape index (κ1) is 11.3.